The minimum Gasteiger partial charge on any atom is -0.358 e. The number of quaternary nitrogens is 1. The SMILES string of the molecule is Cc1ccc(-c2noc([C@H](C)NC(=O)CCCCC[NH3+])n2)cc1Cl. The van der Waals surface area contributed by atoms with Gasteiger partial charge in [-0.3, -0.25) is 4.79 Å². The molecule has 0 aliphatic rings. The quantitative estimate of drug-likeness (QED) is 0.714. The molecule has 0 aliphatic heterocycles. The molecule has 0 saturated carbocycles. The number of amides is 1. The summed E-state index contributed by atoms with van der Waals surface area (Å²) in [7, 11) is 0. The van der Waals surface area contributed by atoms with E-state index in [2.05, 4.69) is 21.2 Å². The standard InChI is InChI=1S/C17H23ClN4O2/c1-11-7-8-13(10-14(11)18)16-21-17(24-22-16)12(2)20-15(23)6-4-3-5-9-19/h7-8,10,12H,3-6,9,19H2,1-2H3,(H,20,23)/p+1/t12-/m0/s1. The van der Waals surface area contributed by atoms with Crippen LogP contribution >= 0.6 is 11.6 Å². The van der Waals surface area contributed by atoms with E-state index in [1.54, 1.807) is 6.07 Å². The van der Waals surface area contributed by atoms with Gasteiger partial charge in [-0.2, -0.15) is 4.98 Å². The number of hydrogen-bond acceptors (Lipinski definition) is 4. The van der Waals surface area contributed by atoms with Crippen LogP contribution in [0.3, 0.4) is 0 Å². The first kappa shape index (κ1) is 18.4. The number of nitrogens with zero attached hydrogens (tertiary/aromatic N) is 2. The monoisotopic (exact) mass is 351 g/mol. The largest absolute Gasteiger partial charge is 0.358 e. The molecule has 0 aliphatic carbocycles. The summed E-state index contributed by atoms with van der Waals surface area (Å²) in [5, 5.41) is 7.51. The van der Waals surface area contributed by atoms with E-state index in [-0.39, 0.29) is 11.9 Å². The number of carbonyl (C=O) groups is 1. The summed E-state index contributed by atoms with van der Waals surface area (Å²) in [5.41, 5.74) is 5.57. The molecule has 1 amide bonds. The van der Waals surface area contributed by atoms with Gasteiger partial charge < -0.3 is 15.6 Å². The Morgan fingerprint density at radius 3 is 2.88 bits per heavy atom. The number of carbonyl (C=O) groups excluding carboxylic acids is 1. The highest BCUT2D eigenvalue weighted by molar-refractivity contribution is 6.31. The van der Waals surface area contributed by atoms with E-state index in [0.29, 0.717) is 23.2 Å². The van der Waals surface area contributed by atoms with Crippen LogP contribution < -0.4 is 11.1 Å². The third-order valence-electron chi connectivity index (χ3n) is 3.77. The van der Waals surface area contributed by atoms with Gasteiger partial charge in [-0.25, -0.2) is 0 Å². The number of rotatable bonds is 8. The Morgan fingerprint density at radius 2 is 2.17 bits per heavy atom. The van der Waals surface area contributed by atoms with E-state index in [0.717, 1.165) is 36.9 Å². The second-order valence-corrected chi connectivity index (χ2v) is 6.28. The Morgan fingerprint density at radius 1 is 1.38 bits per heavy atom. The first-order chi connectivity index (χ1) is 11.5. The lowest BCUT2D eigenvalue weighted by atomic mass is 10.1. The summed E-state index contributed by atoms with van der Waals surface area (Å²) in [4.78, 5) is 16.3. The summed E-state index contributed by atoms with van der Waals surface area (Å²) in [6.45, 7) is 4.67. The van der Waals surface area contributed by atoms with Gasteiger partial charge in [0.05, 0.1) is 6.54 Å². The summed E-state index contributed by atoms with van der Waals surface area (Å²) >= 11 is 6.13. The van der Waals surface area contributed by atoms with E-state index in [9.17, 15) is 4.79 Å². The topological polar surface area (TPSA) is 95.7 Å². The minimum atomic E-state index is -0.326. The Bertz CT molecular complexity index is 687. The van der Waals surface area contributed by atoms with E-state index in [1.165, 1.54) is 0 Å². The van der Waals surface area contributed by atoms with E-state index in [4.69, 9.17) is 16.1 Å². The van der Waals surface area contributed by atoms with Gasteiger partial charge in [0, 0.05) is 17.0 Å². The van der Waals surface area contributed by atoms with Gasteiger partial charge in [-0.1, -0.05) is 28.9 Å². The molecule has 1 heterocycles. The molecule has 2 aromatic rings. The highest BCUT2D eigenvalue weighted by atomic mass is 35.5. The molecule has 0 radical (unpaired) electrons. The fourth-order valence-electron chi connectivity index (χ4n) is 2.27. The molecule has 4 N–H and O–H groups in total. The van der Waals surface area contributed by atoms with Crippen LogP contribution in [0.2, 0.25) is 5.02 Å². The normalized spacial score (nSPS) is 12.2. The van der Waals surface area contributed by atoms with Crippen molar-refractivity contribution in [1.29, 1.82) is 0 Å². The molecule has 0 bridgehead atoms. The van der Waals surface area contributed by atoms with E-state index >= 15 is 0 Å². The van der Waals surface area contributed by atoms with Gasteiger partial charge in [0.2, 0.25) is 17.6 Å². The lowest BCUT2D eigenvalue weighted by Crippen LogP contribution is -2.50. The number of benzene rings is 1. The smallest absolute Gasteiger partial charge is 0.249 e. The number of aromatic nitrogens is 2. The van der Waals surface area contributed by atoms with Crippen LogP contribution in [0.4, 0.5) is 0 Å². The molecule has 130 valence electrons. The first-order valence-corrected chi connectivity index (χ1v) is 8.57. The first-order valence-electron chi connectivity index (χ1n) is 8.20. The molecule has 6 nitrogen and oxygen atoms in total. The van der Waals surface area contributed by atoms with Crippen molar-refractivity contribution in [3.05, 3.63) is 34.7 Å². The van der Waals surface area contributed by atoms with Crippen molar-refractivity contribution in [2.45, 2.75) is 45.6 Å². The van der Waals surface area contributed by atoms with Crippen molar-refractivity contribution in [3.8, 4) is 11.4 Å². The predicted molar refractivity (Wildman–Crippen MR) is 92.3 cm³/mol. The second-order valence-electron chi connectivity index (χ2n) is 5.87. The predicted octanol–water partition coefficient (Wildman–Crippen LogP) is 2.68. The molecule has 2 rings (SSSR count). The van der Waals surface area contributed by atoms with Crippen molar-refractivity contribution in [1.82, 2.24) is 15.5 Å². The third kappa shape index (κ3) is 5.04. The molecule has 1 aromatic carbocycles. The molecule has 24 heavy (non-hydrogen) atoms. The molecular formula is C17H24ClN4O2+. The fraction of sp³-hybridized carbons (Fsp3) is 0.471. The minimum absolute atomic E-state index is 0.00954. The van der Waals surface area contributed by atoms with Gasteiger partial charge >= 0.3 is 0 Å². The molecule has 1 aromatic heterocycles. The number of hydrogen-bond donors (Lipinski definition) is 2. The molecule has 0 spiro atoms. The van der Waals surface area contributed by atoms with Crippen LogP contribution in [0.15, 0.2) is 22.7 Å². The Balaban J connectivity index is 1.94. The summed E-state index contributed by atoms with van der Waals surface area (Å²) < 4.78 is 5.27. The lowest BCUT2D eigenvalue weighted by Gasteiger charge is -2.09. The van der Waals surface area contributed by atoms with E-state index < -0.39 is 0 Å². The summed E-state index contributed by atoms with van der Waals surface area (Å²) in [5.74, 6) is 0.834. The van der Waals surface area contributed by atoms with Crippen LogP contribution in [-0.4, -0.2) is 22.6 Å². The van der Waals surface area contributed by atoms with Gasteiger partial charge in [-0.05, 0) is 44.7 Å². The second kappa shape index (κ2) is 8.80. The molecule has 0 unspecified atom stereocenters. The van der Waals surface area contributed by atoms with Crippen LogP contribution in [0, 0.1) is 6.92 Å². The fourth-order valence-corrected chi connectivity index (χ4v) is 2.46. The Kier molecular flexibility index (Phi) is 6.75. The van der Waals surface area contributed by atoms with Crippen molar-refractivity contribution in [2.24, 2.45) is 0 Å². The average molecular weight is 352 g/mol. The zero-order chi connectivity index (χ0) is 17.5. The lowest BCUT2D eigenvalue weighted by molar-refractivity contribution is -0.368. The maximum atomic E-state index is 11.9. The van der Waals surface area contributed by atoms with E-state index in [1.807, 2.05) is 26.0 Å². The van der Waals surface area contributed by atoms with Crippen molar-refractivity contribution >= 4 is 17.5 Å². The number of unbranched alkanes of at least 4 members (excludes halogenated alkanes) is 2. The highest BCUT2D eigenvalue weighted by Gasteiger charge is 2.17. The van der Waals surface area contributed by atoms with Crippen LogP contribution in [-0.2, 0) is 4.79 Å². The van der Waals surface area contributed by atoms with Gasteiger partial charge in [0.25, 0.3) is 0 Å². The van der Waals surface area contributed by atoms with Crippen LogP contribution in [0.5, 0.6) is 0 Å². The number of halogens is 1. The summed E-state index contributed by atoms with van der Waals surface area (Å²) in [6, 6.07) is 5.27. The number of nitrogens with one attached hydrogen (secondary N) is 1. The molecular weight excluding hydrogens is 328 g/mol. The zero-order valence-electron chi connectivity index (χ0n) is 14.1. The molecule has 7 heteroatoms. The molecule has 0 saturated heterocycles. The maximum Gasteiger partial charge on any atom is 0.249 e. The van der Waals surface area contributed by atoms with Crippen molar-refractivity contribution < 1.29 is 15.1 Å². The summed E-state index contributed by atoms with van der Waals surface area (Å²) in [6.07, 6.45) is 3.43. The van der Waals surface area contributed by atoms with Gasteiger partial charge in [-0.15, -0.1) is 0 Å². The average Bonchev–Trinajstić information content (AvgIpc) is 3.04. The van der Waals surface area contributed by atoms with Crippen LogP contribution in [0.1, 0.15) is 50.1 Å². The molecule has 1 atom stereocenters. The van der Waals surface area contributed by atoms with Crippen LogP contribution in [0.25, 0.3) is 11.4 Å². The Labute approximate surface area is 146 Å². The number of aryl methyl sites for hydroxylation is 1. The molecule has 0 fully saturated rings. The van der Waals surface area contributed by atoms with Crippen molar-refractivity contribution in [2.75, 3.05) is 6.54 Å². The zero-order valence-corrected chi connectivity index (χ0v) is 14.9. The highest BCUT2D eigenvalue weighted by Crippen LogP contribution is 2.24. The van der Waals surface area contributed by atoms with Crippen molar-refractivity contribution in [3.63, 3.8) is 0 Å². The maximum absolute atomic E-state index is 11.9. The van der Waals surface area contributed by atoms with Gasteiger partial charge in [0.1, 0.15) is 6.04 Å². The van der Waals surface area contributed by atoms with Gasteiger partial charge in [0.15, 0.2) is 0 Å². The third-order valence-corrected chi connectivity index (χ3v) is 4.18. The Hall–Kier alpha value is -1.92.